The van der Waals surface area contributed by atoms with Crippen LogP contribution in [0.25, 0.3) is 0 Å². The second-order valence-corrected chi connectivity index (χ2v) is 6.79. The van der Waals surface area contributed by atoms with E-state index in [0.717, 1.165) is 21.6 Å². The van der Waals surface area contributed by atoms with Crippen LogP contribution in [-0.4, -0.2) is 9.96 Å². The molecule has 0 fully saturated rings. The molecule has 20 heavy (non-hydrogen) atoms. The number of hydrogen-bond acceptors (Lipinski definition) is 2. The summed E-state index contributed by atoms with van der Waals surface area (Å²) in [4.78, 5) is 0.853. The van der Waals surface area contributed by atoms with Crippen LogP contribution in [0.1, 0.15) is 28.3 Å². The number of nitrogens with two attached hydrogens (primary N) is 1. The number of benzene rings is 2. The summed E-state index contributed by atoms with van der Waals surface area (Å²) in [5.74, 6) is 0.452. The normalized spacial score (nSPS) is 14.0. The summed E-state index contributed by atoms with van der Waals surface area (Å²) in [6.07, 6.45) is 0. The fourth-order valence-electron chi connectivity index (χ4n) is 2.27. The summed E-state index contributed by atoms with van der Waals surface area (Å²) in [5.41, 5.74) is 10.8. The van der Waals surface area contributed by atoms with Crippen LogP contribution in [0.3, 0.4) is 0 Å². The first kappa shape index (κ1) is 14.9. The molecule has 0 amide bonds. The average molecular weight is 287 g/mol. The minimum Gasteiger partial charge on any atom is -0.323 e. The molecule has 2 nitrogen and oxygen atoms in total. The van der Waals surface area contributed by atoms with Gasteiger partial charge in [-0.1, -0.05) is 35.9 Å². The maximum absolute atomic E-state index is 12.4. The third-order valence-electron chi connectivity index (χ3n) is 3.42. The maximum Gasteiger partial charge on any atom is 0.0548 e. The van der Waals surface area contributed by atoms with Crippen LogP contribution >= 0.6 is 0 Å². The molecule has 2 rings (SSSR count). The minimum absolute atomic E-state index is 0.198. The second kappa shape index (κ2) is 6.33. The quantitative estimate of drug-likeness (QED) is 0.936. The van der Waals surface area contributed by atoms with E-state index >= 15 is 0 Å². The summed E-state index contributed by atoms with van der Waals surface area (Å²) in [6, 6.07) is 13.8. The van der Waals surface area contributed by atoms with E-state index in [1.807, 2.05) is 45.0 Å². The lowest BCUT2D eigenvalue weighted by atomic mass is 10.0. The van der Waals surface area contributed by atoms with Gasteiger partial charge < -0.3 is 5.73 Å². The third kappa shape index (κ3) is 3.56. The van der Waals surface area contributed by atoms with E-state index in [-0.39, 0.29) is 6.04 Å². The summed E-state index contributed by atoms with van der Waals surface area (Å²) in [7, 11) is -1.06. The summed E-state index contributed by atoms with van der Waals surface area (Å²) in [5, 5.41) is 0. The molecule has 2 N–H and O–H groups in total. The predicted octanol–water partition coefficient (Wildman–Crippen LogP) is 3.42. The van der Waals surface area contributed by atoms with Crippen molar-refractivity contribution in [2.75, 3.05) is 5.75 Å². The molecule has 0 aromatic heterocycles. The van der Waals surface area contributed by atoms with Crippen molar-refractivity contribution >= 4 is 10.8 Å². The van der Waals surface area contributed by atoms with Gasteiger partial charge in [-0.2, -0.15) is 0 Å². The fourth-order valence-corrected chi connectivity index (χ4v) is 3.51. The van der Waals surface area contributed by atoms with Crippen molar-refractivity contribution in [3.05, 3.63) is 64.7 Å². The molecule has 0 aliphatic rings. The van der Waals surface area contributed by atoms with Gasteiger partial charge in [0.15, 0.2) is 0 Å². The highest BCUT2D eigenvalue weighted by Crippen LogP contribution is 2.20. The highest BCUT2D eigenvalue weighted by atomic mass is 32.2. The van der Waals surface area contributed by atoms with Gasteiger partial charge in [0.2, 0.25) is 0 Å². The zero-order chi connectivity index (χ0) is 14.7. The monoisotopic (exact) mass is 287 g/mol. The molecule has 0 radical (unpaired) electrons. The molecule has 2 unspecified atom stereocenters. The lowest BCUT2D eigenvalue weighted by molar-refractivity contribution is 0.674. The Morgan fingerprint density at radius 2 is 1.75 bits per heavy atom. The van der Waals surface area contributed by atoms with Crippen LogP contribution < -0.4 is 5.73 Å². The molecule has 0 aliphatic carbocycles. The van der Waals surface area contributed by atoms with Gasteiger partial charge in [-0.3, -0.25) is 4.21 Å². The van der Waals surface area contributed by atoms with Gasteiger partial charge in [0.05, 0.1) is 10.8 Å². The lowest BCUT2D eigenvalue weighted by Gasteiger charge is -2.15. The molecule has 0 aliphatic heterocycles. The van der Waals surface area contributed by atoms with Gasteiger partial charge in [0, 0.05) is 16.7 Å². The van der Waals surface area contributed by atoms with Crippen LogP contribution in [0.15, 0.2) is 47.4 Å². The molecule has 3 heteroatoms. The molecule has 2 aromatic rings. The van der Waals surface area contributed by atoms with E-state index in [4.69, 9.17) is 5.73 Å². The molecule has 0 spiro atoms. The molecule has 0 saturated carbocycles. The third-order valence-corrected chi connectivity index (χ3v) is 4.86. The van der Waals surface area contributed by atoms with Gasteiger partial charge in [0.25, 0.3) is 0 Å². The molecular weight excluding hydrogens is 266 g/mol. The Morgan fingerprint density at radius 3 is 2.45 bits per heavy atom. The minimum atomic E-state index is -1.06. The highest BCUT2D eigenvalue weighted by Gasteiger charge is 2.14. The number of hydrogen-bond donors (Lipinski definition) is 1. The van der Waals surface area contributed by atoms with Crippen molar-refractivity contribution in [1.82, 2.24) is 0 Å². The van der Waals surface area contributed by atoms with E-state index in [1.54, 1.807) is 0 Å². The van der Waals surface area contributed by atoms with E-state index in [2.05, 4.69) is 18.2 Å². The Labute approximate surface area is 123 Å². The first-order valence-electron chi connectivity index (χ1n) is 6.75. The Kier molecular flexibility index (Phi) is 4.73. The van der Waals surface area contributed by atoms with Crippen LogP contribution in [0, 0.1) is 20.8 Å². The van der Waals surface area contributed by atoms with Gasteiger partial charge in [-0.05, 0) is 49.6 Å². The Morgan fingerprint density at radius 1 is 1.05 bits per heavy atom. The largest absolute Gasteiger partial charge is 0.323 e. The summed E-state index contributed by atoms with van der Waals surface area (Å²) >= 11 is 0. The number of rotatable bonds is 4. The van der Waals surface area contributed by atoms with Gasteiger partial charge >= 0.3 is 0 Å². The second-order valence-electron chi connectivity index (χ2n) is 5.30. The molecule has 2 aromatic carbocycles. The van der Waals surface area contributed by atoms with Gasteiger partial charge in [-0.25, -0.2) is 0 Å². The average Bonchev–Trinajstić information content (AvgIpc) is 2.41. The Balaban J connectivity index is 2.17. The van der Waals surface area contributed by atoms with Crippen LogP contribution in [-0.2, 0) is 10.8 Å². The topological polar surface area (TPSA) is 43.1 Å². The van der Waals surface area contributed by atoms with Crippen LogP contribution in [0.5, 0.6) is 0 Å². The van der Waals surface area contributed by atoms with Crippen LogP contribution in [0.2, 0.25) is 0 Å². The molecular formula is C17H21NOS. The SMILES string of the molecule is Cc1cccc(S(=O)CC(N)c2cc(C)ccc2C)c1. The van der Waals surface area contributed by atoms with Gasteiger partial charge in [-0.15, -0.1) is 0 Å². The Bertz CT molecular complexity index is 637. The summed E-state index contributed by atoms with van der Waals surface area (Å²) < 4.78 is 12.4. The molecule has 0 bridgehead atoms. The van der Waals surface area contributed by atoms with Crippen molar-refractivity contribution in [2.45, 2.75) is 31.7 Å². The summed E-state index contributed by atoms with van der Waals surface area (Å²) in [6.45, 7) is 6.10. The lowest BCUT2D eigenvalue weighted by Crippen LogP contribution is -2.19. The molecule has 0 saturated heterocycles. The fraction of sp³-hybridized carbons (Fsp3) is 0.294. The van der Waals surface area contributed by atoms with Crippen molar-refractivity contribution in [1.29, 1.82) is 0 Å². The molecule has 0 heterocycles. The van der Waals surface area contributed by atoms with Crippen LogP contribution in [0.4, 0.5) is 0 Å². The zero-order valence-electron chi connectivity index (χ0n) is 12.2. The highest BCUT2D eigenvalue weighted by molar-refractivity contribution is 7.85. The smallest absolute Gasteiger partial charge is 0.0548 e. The van der Waals surface area contributed by atoms with Crippen molar-refractivity contribution in [3.8, 4) is 0 Å². The van der Waals surface area contributed by atoms with E-state index in [1.165, 1.54) is 5.56 Å². The zero-order valence-corrected chi connectivity index (χ0v) is 13.0. The first-order valence-corrected chi connectivity index (χ1v) is 8.07. The Hall–Kier alpha value is -1.45. The van der Waals surface area contributed by atoms with Crippen molar-refractivity contribution in [3.63, 3.8) is 0 Å². The standard InChI is InChI=1S/C17H21NOS/c1-12-5-4-6-15(9-12)20(19)11-17(18)16-10-13(2)7-8-14(16)3/h4-10,17H,11,18H2,1-3H3. The first-order chi connectivity index (χ1) is 9.47. The van der Waals surface area contributed by atoms with E-state index in [9.17, 15) is 4.21 Å². The van der Waals surface area contributed by atoms with Gasteiger partial charge in [0.1, 0.15) is 0 Å². The predicted molar refractivity (Wildman–Crippen MR) is 85.3 cm³/mol. The molecule has 106 valence electrons. The number of aryl methyl sites for hydroxylation is 3. The van der Waals surface area contributed by atoms with Crippen molar-refractivity contribution in [2.24, 2.45) is 5.73 Å². The maximum atomic E-state index is 12.4. The van der Waals surface area contributed by atoms with E-state index < -0.39 is 10.8 Å². The molecule has 2 atom stereocenters. The van der Waals surface area contributed by atoms with E-state index in [0.29, 0.717) is 5.75 Å². The van der Waals surface area contributed by atoms with Crippen molar-refractivity contribution < 1.29 is 4.21 Å².